The minimum Gasteiger partial charge on any atom is -0.378 e. The molecule has 0 aliphatic carbocycles. The molecule has 0 bridgehead atoms. The Kier molecular flexibility index (Phi) is 5.15. The zero-order valence-corrected chi connectivity index (χ0v) is 15.1. The van der Waals surface area contributed by atoms with E-state index in [4.69, 9.17) is 4.74 Å². The molecular weight excluding hydrogens is 349 g/mol. The lowest BCUT2D eigenvalue weighted by Gasteiger charge is -2.36. The van der Waals surface area contributed by atoms with Crippen LogP contribution in [0, 0.1) is 5.82 Å². The zero-order valence-electron chi connectivity index (χ0n) is 15.1. The van der Waals surface area contributed by atoms with Crippen LogP contribution in [0.15, 0.2) is 36.7 Å². The third-order valence-electron chi connectivity index (χ3n) is 4.97. The predicted octanol–water partition coefficient (Wildman–Crippen LogP) is 1.41. The quantitative estimate of drug-likeness (QED) is 0.813. The van der Waals surface area contributed by atoms with Crippen molar-refractivity contribution >= 4 is 17.4 Å². The summed E-state index contributed by atoms with van der Waals surface area (Å²) in [7, 11) is 0. The monoisotopic (exact) mass is 371 g/mol. The Morgan fingerprint density at radius 2 is 1.63 bits per heavy atom. The highest BCUT2D eigenvalue weighted by molar-refractivity contribution is 5.93. The van der Waals surface area contributed by atoms with Gasteiger partial charge in [0.1, 0.15) is 23.7 Å². The van der Waals surface area contributed by atoms with Crippen LogP contribution in [0.5, 0.6) is 0 Å². The van der Waals surface area contributed by atoms with Gasteiger partial charge in [0.25, 0.3) is 5.91 Å². The fourth-order valence-electron chi connectivity index (χ4n) is 3.41. The van der Waals surface area contributed by atoms with Crippen LogP contribution in [0.2, 0.25) is 0 Å². The van der Waals surface area contributed by atoms with Gasteiger partial charge in [-0.3, -0.25) is 4.79 Å². The minimum absolute atomic E-state index is 0.0781. The number of hydrogen-bond acceptors (Lipinski definition) is 6. The van der Waals surface area contributed by atoms with Gasteiger partial charge in [0, 0.05) is 51.0 Å². The van der Waals surface area contributed by atoms with E-state index in [0.717, 1.165) is 24.6 Å². The van der Waals surface area contributed by atoms with E-state index in [1.54, 1.807) is 18.2 Å². The van der Waals surface area contributed by atoms with Gasteiger partial charge in [0.15, 0.2) is 0 Å². The number of anilines is 2. The molecule has 1 aromatic heterocycles. The van der Waals surface area contributed by atoms with Gasteiger partial charge in [-0.25, -0.2) is 14.4 Å². The largest absolute Gasteiger partial charge is 0.378 e. The van der Waals surface area contributed by atoms with Crippen molar-refractivity contribution in [3.05, 3.63) is 48.2 Å². The van der Waals surface area contributed by atoms with E-state index in [1.807, 2.05) is 4.90 Å². The molecule has 2 aromatic rings. The summed E-state index contributed by atoms with van der Waals surface area (Å²) >= 11 is 0. The first-order valence-electron chi connectivity index (χ1n) is 9.15. The number of morpholine rings is 1. The first-order chi connectivity index (χ1) is 13.2. The fourth-order valence-corrected chi connectivity index (χ4v) is 3.41. The highest BCUT2D eigenvalue weighted by Crippen LogP contribution is 2.19. The summed E-state index contributed by atoms with van der Waals surface area (Å²) < 4.78 is 18.4. The molecule has 0 radical (unpaired) electrons. The number of nitrogens with zero attached hydrogens (tertiary/aromatic N) is 5. The lowest BCUT2D eigenvalue weighted by atomic mass is 10.2. The Labute approximate surface area is 157 Å². The number of halogens is 1. The topological polar surface area (TPSA) is 61.8 Å². The van der Waals surface area contributed by atoms with E-state index < -0.39 is 0 Å². The summed E-state index contributed by atoms with van der Waals surface area (Å²) in [6.07, 6.45) is 1.45. The van der Waals surface area contributed by atoms with E-state index in [1.165, 1.54) is 18.5 Å². The second-order valence-electron chi connectivity index (χ2n) is 6.62. The van der Waals surface area contributed by atoms with Crippen molar-refractivity contribution in [1.82, 2.24) is 14.9 Å². The van der Waals surface area contributed by atoms with Crippen LogP contribution in [0.1, 0.15) is 10.5 Å². The van der Waals surface area contributed by atoms with Gasteiger partial charge >= 0.3 is 0 Å². The lowest BCUT2D eigenvalue weighted by Crippen LogP contribution is -2.49. The number of amides is 1. The van der Waals surface area contributed by atoms with Crippen LogP contribution in [-0.2, 0) is 4.74 Å². The van der Waals surface area contributed by atoms with Crippen molar-refractivity contribution in [2.45, 2.75) is 0 Å². The summed E-state index contributed by atoms with van der Waals surface area (Å²) in [5.74, 6) is 0.444. The number of hydrogen-bond donors (Lipinski definition) is 0. The van der Waals surface area contributed by atoms with Gasteiger partial charge in [0.05, 0.1) is 13.2 Å². The summed E-state index contributed by atoms with van der Waals surface area (Å²) in [4.78, 5) is 27.4. The maximum absolute atomic E-state index is 13.1. The third-order valence-corrected chi connectivity index (χ3v) is 4.97. The van der Waals surface area contributed by atoms with Crippen molar-refractivity contribution < 1.29 is 13.9 Å². The molecule has 2 fully saturated rings. The number of carbonyl (C=O) groups is 1. The smallest absolute Gasteiger partial charge is 0.272 e. The highest BCUT2D eigenvalue weighted by Gasteiger charge is 2.24. The van der Waals surface area contributed by atoms with Gasteiger partial charge in [-0.15, -0.1) is 0 Å². The fraction of sp³-hybridized carbons (Fsp3) is 0.421. The first-order valence-corrected chi connectivity index (χ1v) is 9.15. The van der Waals surface area contributed by atoms with Crippen molar-refractivity contribution in [2.24, 2.45) is 0 Å². The van der Waals surface area contributed by atoms with E-state index in [0.29, 0.717) is 45.1 Å². The summed E-state index contributed by atoms with van der Waals surface area (Å²) in [5.41, 5.74) is 1.39. The molecule has 1 aromatic carbocycles. The number of rotatable bonds is 3. The Balaban J connectivity index is 1.39. The van der Waals surface area contributed by atoms with Crippen LogP contribution < -0.4 is 9.80 Å². The number of piperazine rings is 1. The number of benzene rings is 1. The molecule has 8 heteroatoms. The Morgan fingerprint density at radius 3 is 2.33 bits per heavy atom. The average molecular weight is 371 g/mol. The highest BCUT2D eigenvalue weighted by atomic mass is 19.1. The summed E-state index contributed by atoms with van der Waals surface area (Å²) in [6.45, 7) is 5.48. The molecule has 0 unspecified atom stereocenters. The van der Waals surface area contributed by atoms with E-state index >= 15 is 0 Å². The van der Waals surface area contributed by atoms with Crippen molar-refractivity contribution in [3.8, 4) is 0 Å². The molecule has 27 heavy (non-hydrogen) atoms. The Hall–Kier alpha value is -2.74. The van der Waals surface area contributed by atoms with Crippen molar-refractivity contribution in [2.75, 3.05) is 62.3 Å². The Bertz CT molecular complexity index is 787. The second kappa shape index (κ2) is 7.87. The third kappa shape index (κ3) is 4.00. The second-order valence-corrected chi connectivity index (χ2v) is 6.62. The molecule has 2 aliphatic rings. The zero-order chi connectivity index (χ0) is 18.6. The van der Waals surface area contributed by atoms with Crippen molar-refractivity contribution in [3.63, 3.8) is 0 Å². The predicted molar refractivity (Wildman–Crippen MR) is 99.6 cm³/mol. The van der Waals surface area contributed by atoms with Crippen LogP contribution in [0.3, 0.4) is 0 Å². The van der Waals surface area contributed by atoms with Gasteiger partial charge in [-0.2, -0.15) is 0 Å². The molecule has 0 atom stereocenters. The molecule has 2 saturated heterocycles. The summed E-state index contributed by atoms with van der Waals surface area (Å²) in [5, 5.41) is 0. The number of aromatic nitrogens is 2. The number of ether oxygens (including phenoxy) is 1. The number of carbonyl (C=O) groups excluding carboxylic acids is 1. The molecule has 4 rings (SSSR count). The molecule has 142 valence electrons. The van der Waals surface area contributed by atoms with Gasteiger partial charge in [-0.1, -0.05) is 0 Å². The molecule has 0 spiro atoms. The molecule has 0 saturated carbocycles. The normalized spacial score (nSPS) is 17.9. The molecule has 2 aliphatic heterocycles. The van der Waals surface area contributed by atoms with Crippen LogP contribution in [0.4, 0.5) is 15.9 Å². The van der Waals surface area contributed by atoms with E-state index in [9.17, 15) is 9.18 Å². The standard InChI is InChI=1S/C19H22FN5O2/c20-15-1-3-16(4-2-15)23-5-7-25(8-6-23)19(26)17-13-18(22-14-21-17)24-9-11-27-12-10-24/h1-4,13-14H,5-12H2. The summed E-state index contributed by atoms with van der Waals surface area (Å²) in [6, 6.07) is 8.22. The van der Waals surface area contributed by atoms with Crippen molar-refractivity contribution in [1.29, 1.82) is 0 Å². The first kappa shape index (κ1) is 17.7. The molecule has 7 nitrogen and oxygen atoms in total. The minimum atomic E-state index is -0.243. The van der Waals surface area contributed by atoms with Gasteiger partial charge < -0.3 is 19.4 Å². The molecule has 3 heterocycles. The van der Waals surface area contributed by atoms with Gasteiger partial charge in [-0.05, 0) is 24.3 Å². The van der Waals surface area contributed by atoms with E-state index in [-0.39, 0.29) is 11.7 Å². The van der Waals surface area contributed by atoms with Crippen LogP contribution in [-0.4, -0.2) is 73.3 Å². The molecular formula is C19H22FN5O2. The van der Waals surface area contributed by atoms with Gasteiger partial charge in [0.2, 0.25) is 0 Å². The maximum Gasteiger partial charge on any atom is 0.272 e. The molecule has 1 amide bonds. The molecule has 0 N–H and O–H groups in total. The average Bonchev–Trinajstić information content (AvgIpc) is 2.75. The SMILES string of the molecule is O=C(c1cc(N2CCOCC2)ncn1)N1CCN(c2ccc(F)cc2)CC1. The van der Waals surface area contributed by atoms with Crippen LogP contribution >= 0.6 is 0 Å². The van der Waals surface area contributed by atoms with E-state index in [2.05, 4.69) is 19.8 Å². The Morgan fingerprint density at radius 1 is 0.926 bits per heavy atom. The lowest BCUT2D eigenvalue weighted by molar-refractivity contribution is 0.0740. The van der Waals surface area contributed by atoms with Crippen LogP contribution in [0.25, 0.3) is 0 Å². The maximum atomic E-state index is 13.1.